The molecule has 9 rings (SSSR count). The van der Waals surface area contributed by atoms with Gasteiger partial charge in [0.05, 0.1) is 0 Å². The quantitative estimate of drug-likeness (QED) is 0.532. The molecule has 0 radical (unpaired) electrons. The van der Waals surface area contributed by atoms with Gasteiger partial charge in [-0.3, -0.25) is 0 Å². The fourth-order valence-electron chi connectivity index (χ4n) is 11.3. The van der Waals surface area contributed by atoms with Gasteiger partial charge < -0.3 is 5.11 Å². The maximum atomic E-state index is 11.7. The molecule has 0 aromatic heterocycles. The van der Waals surface area contributed by atoms with Crippen molar-refractivity contribution in [2.24, 2.45) is 35.5 Å². The lowest BCUT2D eigenvalue weighted by Crippen LogP contribution is -2.51. The van der Waals surface area contributed by atoms with Crippen molar-refractivity contribution < 1.29 is 5.11 Å². The van der Waals surface area contributed by atoms with E-state index in [2.05, 4.69) is 26.8 Å². The third-order valence-electron chi connectivity index (χ3n) is 11.3. The highest BCUT2D eigenvalue weighted by Crippen LogP contribution is 2.66. The van der Waals surface area contributed by atoms with Crippen LogP contribution in [0.1, 0.15) is 119 Å². The summed E-state index contributed by atoms with van der Waals surface area (Å²) in [6.45, 7) is 7.07. The summed E-state index contributed by atoms with van der Waals surface area (Å²) < 4.78 is 0. The van der Waals surface area contributed by atoms with E-state index in [9.17, 15) is 5.11 Å². The molecule has 8 bridgehead atoms. The van der Waals surface area contributed by atoms with Crippen LogP contribution >= 0.6 is 0 Å². The predicted octanol–water partition coefficient (Wildman–Crippen LogP) is 7.76. The lowest BCUT2D eigenvalue weighted by atomic mass is 9.45. The van der Waals surface area contributed by atoms with Crippen LogP contribution in [0.3, 0.4) is 0 Å². The van der Waals surface area contributed by atoms with Gasteiger partial charge in [-0.05, 0) is 148 Å². The van der Waals surface area contributed by atoms with Crippen LogP contribution in [0, 0.1) is 42.4 Å². The SMILES string of the molecule is Cc1cc(C23CC4CC(CC(C4)C2)C3)c(C(C)C)c(C23CC4CC(CC(C4)C2)C3)c1O. The number of benzene rings is 1. The summed E-state index contributed by atoms with van der Waals surface area (Å²) in [7, 11) is 0. The molecular weight excluding hydrogens is 376 g/mol. The smallest absolute Gasteiger partial charge is 0.122 e. The Morgan fingerprint density at radius 3 is 1.48 bits per heavy atom. The number of rotatable bonds is 3. The molecule has 31 heavy (non-hydrogen) atoms. The van der Waals surface area contributed by atoms with E-state index >= 15 is 0 Å². The van der Waals surface area contributed by atoms with Crippen molar-refractivity contribution in [2.45, 2.75) is 115 Å². The van der Waals surface area contributed by atoms with Crippen LogP contribution in [0.2, 0.25) is 0 Å². The molecule has 8 fully saturated rings. The van der Waals surface area contributed by atoms with Crippen molar-refractivity contribution in [2.75, 3.05) is 0 Å². The zero-order valence-corrected chi connectivity index (χ0v) is 20.1. The van der Waals surface area contributed by atoms with Gasteiger partial charge in [0.1, 0.15) is 5.75 Å². The Bertz CT molecular complexity index is 850. The number of hydrogen-bond acceptors (Lipinski definition) is 1. The normalized spacial score (nSPS) is 47.0. The zero-order valence-electron chi connectivity index (χ0n) is 20.1. The summed E-state index contributed by atoms with van der Waals surface area (Å²) in [4.78, 5) is 0. The topological polar surface area (TPSA) is 20.2 Å². The minimum absolute atomic E-state index is 0.279. The first-order chi connectivity index (χ1) is 14.8. The van der Waals surface area contributed by atoms with E-state index in [1.54, 1.807) is 11.1 Å². The third-order valence-corrected chi connectivity index (χ3v) is 11.3. The molecule has 0 spiro atoms. The molecule has 1 N–H and O–H groups in total. The lowest BCUT2D eigenvalue weighted by molar-refractivity contribution is -0.0100. The van der Waals surface area contributed by atoms with Gasteiger partial charge in [-0.25, -0.2) is 0 Å². The first-order valence-electron chi connectivity index (χ1n) is 13.7. The van der Waals surface area contributed by atoms with E-state index in [4.69, 9.17) is 0 Å². The molecule has 0 unspecified atom stereocenters. The van der Waals surface area contributed by atoms with Gasteiger partial charge in [-0.2, -0.15) is 0 Å². The number of phenols is 1. The fraction of sp³-hybridized carbons (Fsp3) is 0.800. The molecule has 1 heteroatoms. The first-order valence-corrected chi connectivity index (χ1v) is 13.7. The summed E-state index contributed by atoms with van der Waals surface area (Å²) in [5.41, 5.74) is 6.67. The van der Waals surface area contributed by atoms with Crippen LogP contribution in [0.25, 0.3) is 0 Å². The van der Waals surface area contributed by atoms with Crippen molar-refractivity contribution in [3.63, 3.8) is 0 Å². The van der Waals surface area contributed by atoms with Crippen molar-refractivity contribution in [1.29, 1.82) is 0 Å². The largest absolute Gasteiger partial charge is 0.507 e. The third kappa shape index (κ3) is 2.67. The highest BCUT2D eigenvalue weighted by atomic mass is 16.3. The van der Waals surface area contributed by atoms with Crippen LogP contribution in [-0.4, -0.2) is 5.11 Å². The summed E-state index contributed by atoms with van der Waals surface area (Å²) in [6.07, 6.45) is 17.3. The van der Waals surface area contributed by atoms with Crippen LogP contribution in [0.4, 0.5) is 0 Å². The summed E-state index contributed by atoms with van der Waals surface area (Å²) >= 11 is 0. The summed E-state index contributed by atoms with van der Waals surface area (Å²) in [6, 6.07) is 2.49. The second-order valence-electron chi connectivity index (χ2n) is 13.9. The number of phenolic OH excluding ortho intramolecular Hbond substituents is 1. The van der Waals surface area contributed by atoms with Crippen LogP contribution in [0.15, 0.2) is 6.07 Å². The average Bonchev–Trinajstić information content (AvgIpc) is 2.67. The molecule has 1 aromatic rings. The van der Waals surface area contributed by atoms with Gasteiger partial charge in [-0.15, -0.1) is 0 Å². The number of aromatic hydroxyl groups is 1. The Hall–Kier alpha value is -0.980. The highest BCUT2D eigenvalue weighted by Gasteiger charge is 2.56. The molecule has 0 aliphatic heterocycles. The van der Waals surface area contributed by atoms with E-state index < -0.39 is 0 Å². The molecule has 168 valence electrons. The average molecular weight is 419 g/mol. The van der Waals surface area contributed by atoms with E-state index in [1.807, 2.05) is 0 Å². The second kappa shape index (κ2) is 6.32. The molecular formula is C30H42O. The Labute approximate surface area is 189 Å². The highest BCUT2D eigenvalue weighted by molar-refractivity contribution is 5.57. The fourth-order valence-corrected chi connectivity index (χ4v) is 11.3. The first kappa shape index (κ1) is 19.5. The van der Waals surface area contributed by atoms with E-state index in [1.165, 1.54) is 88.2 Å². The number of aryl methyl sites for hydroxylation is 1. The van der Waals surface area contributed by atoms with Crippen molar-refractivity contribution in [3.05, 3.63) is 28.3 Å². The monoisotopic (exact) mass is 418 g/mol. The van der Waals surface area contributed by atoms with Crippen LogP contribution in [-0.2, 0) is 10.8 Å². The van der Waals surface area contributed by atoms with Crippen LogP contribution < -0.4 is 0 Å². The Balaban J connectivity index is 1.43. The van der Waals surface area contributed by atoms with Gasteiger partial charge >= 0.3 is 0 Å². The van der Waals surface area contributed by atoms with E-state index in [0.29, 0.717) is 17.1 Å². The standard InChI is InChI=1S/C30H42O/c1-17(2)26-25(29-11-19-5-20(12-29)7-21(6-19)13-29)4-18(3)28(31)27(26)30-14-22-8-23(15-30)10-24(9-22)16-30/h4,17,19-24,31H,5-16H2,1-3H3. The molecule has 0 atom stereocenters. The Morgan fingerprint density at radius 2 is 1.10 bits per heavy atom. The molecule has 8 saturated carbocycles. The molecule has 0 heterocycles. The molecule has 0 saturated heterocycles. The van der Waals surface area contributed by atoms with Crippen LogP contribution in [0.5, 0.6) is 5.75 Å². The van der Waals surface area contributed by atoms with Crippen molar-refractivity contribution in [3.8, 4) is 5.75 Å². The minimum atomic E-state index is 0.279. The Morgan fingerprint density at radius 1 is 0.710 bits per heavy atom. The van der Waals surface area contributed by atoms with Crippen molar-refractivity contribution in [1.82, 2.24) is 0 Å². The van der Waals surface area contributed by atoms with Gasteiger partial charge in [0.25, 0.3) is 0 Å². The van der Waals surface area contributed by atoms with Gasteiger partial charge in [0, 0.05) is 11.0 Å². The van der Waals surface area contributed by atoms with Gasteiger partial charge in [-0.1, -0.05) is 19.9 Å². The summed E-state index contributed by atoms with van der Waals surface area (Å²) in [5.74, 6) is 6.91. The molecule has 0 amide bonds. The number of hydrogen-bond donors (Lipinski definition) is 1. The van der Waals surface area contributed by atoms with Gasteiger partial charge in [0.15, 0.2) is 0 Å². The maximum absolute atomic E-state index is 11.7. The maximum Gasteiger partial charge on any atom is 0.122 e. The predicted molar refractivity (Wildman–Crippen MR) is 127 cm³/mol. The summed E-state index contributed by atoms with van der Waals surface area (Å²) in [5, 5.41) is 11.7. The zero-order chi connectivity index (χ0) is 21.1. The second-order valence-corrected chi connectivity index (χ2v) is 13.9. The molecule has 1 nitrogen and oxygen atoms in total. The minimum Gasteiger partial charge on any atom is -0.507 e. The van der Waals surface area contributed by atoms with Gasteiger partial charge in [0.2, 0.25) is 0 Å². The molecule has 8 aliphatic carbocycles. The molecule has 1 aromatic carbocycles. The van der Waals surface area contributed by atoms with E-state index in [-0.39, 0.29) is 5.41 Å². The van der Waals surface area contributed by atoms with Crippen molar-refractivity contribution >= 4 is 0 Å². The lowest BCUT2D eigenvalue weighted by Gasteiger charge is -2.59. The molecule has 8 aliphatic rings. The van der Waals surface area contributed by atoms with E-state index in [0.717, 1.165) is 35.5 Å². The Kier molecular flexibility index (Phi) is 3.98.